The number of aliphatic hydroxyl groups excluding tert-OH is 2. The minimum absolute atomic E-state index is 0.0190. The van der Waals surface area contributed by atoms with Crippen LogP contribution in [0.15, 0.2) is 0 Å². The van der Waals surface area contributed by atoms with Crippen molar-refractivity contribution in [2.45, 2.75) is 56.3 Å². The topological polar surface area (TPSA) is 112 Å². The zero-order chi connectivity index (χ0) is 21.8. The van der Waals surface area contributed by atoms with Gasteiger partial charge in [0.1, 0.15) is 5.60 Å². The van der Waals surface area contributed by atoms with Gasteiger partial charge in [-0.3, -0.25) is 0 Å². The quantitative estimate of drug-likeness (QED) is 0.596. The molecule has 10 heteroatoms. The lowest BCUT2D eigenvalue weighted by atomic mass is 9.51. The first kappa shape index (κ1) is 21.9. The van der Waals surface area contributed by atoms with E-state index in [1.54, 1.807) is 0 Å². The van der Waals surface area contributed by atoms with Crippen LogP contribution in [0.2, 0.25) is 0 Å². The average Bonchev–Trinajstić information content (AvgIpc) is 2.69. The predicted octanol–water partition coefficient (Wildman–Crippen LogP) is 1.02. The monoisotopic (exact) mass is 434 g/mol. The van der Waals surface area contributed by atoms with E-state index < -0.39 is 41.3 Å². The predicted molar refractivity (Wildman–Crippen MR) is 95.2 cm³/mol. The van der Waals surface area contributed by atoms with Crippen molar-refractivity contribution in [3.63, 3.8) is 0 Å². The molecule has 1 aliphatic heterocycles. The summed E-state index contributed by atoms with van der Waals surface area (Å²) in [6.07, 6.45) is 3.41. The Morgan fingerprint density at radius 2 is 1.63 bits per heavy atom. The number of rotatable bonds is 6. The van der Waals surface area contributed by atoms with Gasteiger partial charge in [-0.2, -0.15) is 8.78 Å². The number of carbonyl (C=O) groups is 2. The molecule has 4 bridgehead atoms. The zero-order valence-electron chi connectivity index (χ0n) is 16.9. The molecule has 0 aromatic rings. The van der Waals surface area contributed by atoms with E-state index in [4.69, 9.17) is 14.2 Å². The summed E-state index contributed by atoms with van der Waals surface area (Å²) in [7, 11) is 0. The Balaban J connectivity index is 1.41. The lowest BCUT2D eigenvalue weighted by Gasteiger charge is -2.65. The first-order valence-electron chi connectivity index (χ1n) is 10.3. The Morgan fingerprint density at radius 1 is 1.07 bits per heavy atom. The molecule has 30 heavy (non-hydrogen) atoms. The third kappa shape index (κ3) is 3.61. The minimum Gasteiger partial charge on any atom is -0.457 e. The summed E-state index contributed by atoms with van der Waals surface area (Å²) in [4.78, 5) is 23.4. The van der Waals surface area contributed by atoms with Crippen LogP contribution in [0.1, 0.15) is 39.0 Å². The van der Waals surface area contributed by atoms with Crippen molar-refractivity contribution in [2.24, 2.45) is 23.2 Å². The van der Waals surface area contributed by atoms with E-state index >= 15 is 0 Å². The second-order valence-corrected chi connectivity index (χ2v) is 9.58. The molecule has 1 heterocycles. The van der Waals surface area contributed by atoms with Crippen molar-refractivity contribution in [1.82, 2.24) is 0 Å². The molecule has 1 spiro atoms. The normalized spacial score (nSPS) is 36.0. The highest BCUT2D eigenvalue weighted by Crippen LogP contribution is 2.63. The summed E-state index contributed by atoms with van der Waals surface area (Å²) in [5.41, 5.74) is -1.57. The zero-order valence-corrected chi connectivity index (χ0v) is 16.9. The Morgan fingerprint density at radius 3 is 2.13 bits per heavy atom. The van der Waals surface area contributed by atoms with E-state index in [-0.39, 0.29) is 38.3 Å². The molecule has 2 atom stereocenters. The van der Waals surface area contributed by atoms with Crippen LogP contribution in [0.5, 0.6) is 0 Å². The Bertz CT molecular complexity index is 673. The fourth-order valence-corrected chi connectivity index (χ4v) is 5.82. The van der Waals surface area contributed by atoms with Gasteiger partial charge < -0.3 is 29.2 Å². The van der Waals surface area contributed by atoms with Crippen LogP contribution in [-0.2, 0) is 28.5 Å². The first-order chi connectivity index (χ1) is 14.1. The van der Waals surface area contributed by atoms with Crippen LogP contribution in [0.4, 0.5) is 8.78 Å². The largest absolute Gasteiger partial charge is 0.457 e. The van der Waals surface area contributed by atoms with E-state index in [2.05, 4.69) is 4.74 Å². The van der Waals surface area contributed by atoms with Gasteiger partial charge in [0.15, 0.2) is 12.4 Å². The highest BCUT2D eigenvalue weighted by molar-refractivity contribution is 5.80. The maximum absolute atomic E-state index is 12.9. The first-order valence-corrected chi connectivity index (χ1v) is 10.3. The van der Waals surface area contributed by atoms with Crippen LogP contribution < -0.4 is 0 Å². The Hall–Kier alpha value is -1.36. The molecular formula is C20H28F2O8. The van der Waals surface area contributed by atoms with Gasteiger partial charge in [-0.1, -0.05) is 0 Å². The summed E-state index contributed by atoms with van der Waals surface area (Å²) < 4.78 is 48.2. The standard InChI is InChI=1S/C20H28F2O8/c1-17(21,22)16(26)27-7-15(25)30-19-4-12-2-13(5-19)20(14(3-12)6-19)28-10-18(8-23,9-24)11-29-20/h12-14,23-24H,2-11H2,1H3. The Labute approximate surface area is 172 Å². The van der Waals surface area contributed by atoms with Gasteiger partial charge in [0.2, 0.25) is 0 Å². The number of hydrogen-bond donors (Lipinski definition) is 2. The van der Waals surface area contributed by atoms with Crippen molar-refractivity contribution in [2.75, 3.05) is 33.0 Å². The van der Waals surface area contributed by atoms with Crippen molar-refractivity contribution in [3.05, 3.63) is 0 Å². The second-order valence-electron chi connectivity index (χ2n) is 9.58. The summed E-state index contributed by atoms with van der Waals surface area (Å²) in [5.74, 6) is -6.79. The molecule has 0 aromatic carbocycles. The Kier molecular flexibility index (Phi) is 5.36. The molecule has 0 radical (unpaired) electrons. The van der Waals surface area contributed by atoms with Gasteiger partial charge in [-0.25, -0.2) is 9.59 Å². The van der Waals surface area contributed by atoms with Crippen molar-refractivity contribution >= 4 is 11.9 Å². The molecule has 2 unspecified atom stereocenters. The molecule has 2 N–H and O–H groups in total. The number of carbonyl (C=O) groups excluding carboxylic acids is 2. The van der Waals surface area contributed by atoms with Crippen LogP contribution in [0.25, 0.3) is 0 Å². The van der Waals surface area contributed by atoms with Crippen LogP contribution >= 0.6 is 0 Å². The van der Waals surface area contributed by atoms with E-state index in [0.29, 0.717) is 32.1 Å². The number of esters is 2. The molecule has 1 saturated heterocycles. The summed E-state index contributed by atoms with van der Waals surface area (Å²) in [6.45, 7) is -0.552. The molecule has 4 saturated carbocycles. The number of alkyl halides is 2. The third-order valence-electron chi connectivity index (χ3n) is 7.16. The fraction of sp³-hybridized carbons (Fsp3) is 0.900. The minimum atomic E-state index is -3.67. The molecule has 170 valence electrons. The number of hydrogen-bond acceptors (Lipinski definition) is 8. The number of aliphatic hydroxyl groups is 2. The highest BCUT2D eigenvalue weighted by atomic mass is 19.3. The molecule has 5 rings (SSSR count). The van der Waals surface area contributed by atoms with Crippen LogP contribution in [-0.4, -0.2) is 72.5 Å². The van der Waals surface area contributed by atoms with Gasteiger partial charge in [0.25, 0.3) is 0 Å². The maximum atomic E-state index is 12.9. The summed E-state index contributed by atoms with van der Waals surface area (Å²) >= 11 is 0. The van der Waals surface area contributed by atoms with Gasteiger partial charge >= 0.3 is 17.9 Å². The molecule has 0 amide bonds. The molecule has 8 nitrogen and oxygen atoms in total. The van der Waals surface area contributed by atoms with Crippen molar-refractivity contribution < 1.29 is 47.5 Å². The molecular weight excluding hydrogens is 406 g/mol. The molecule has 0 aromatic heterocycles. The van der Waals surface area contributed by atoms with Gasteiger partial charge in [-0.15, -0.1) is 0 Å². The van der Waals surface area contributed by atoms with Crippen LogP contribution in [0, 0.1) is 23.2 Å². The molecule has 5 fully saturated rings. The summed E-state index contributed by atoms with van der Waals surface area (Å²) in [5, 5.41) is 19.2. The second kappa shape index (κ2) is 7.36. The maximum Gasteiger partial charge on any atom is 0.377 e. The number of halogens is 2. The van der Waals surface area contributed by atoms with Crippen LogP contribution in [0.3, 0.4) is 0 Å². The number of ether oxygens (including phenoxy) is 4. The fourth-order valence-electron chi connectivity index (χ4n) is 5.82. The van der Waals surface area contributed by atoms with E-state index in [1.165, 1.54) is 0 Å². The SMILES string of the molecule is CC(F)(F)C(=O)OCC(=O)OC12CC3CC(C1)C1(OCC(CO)(CO)CO1)C(C3)C2. The average molecular weight is 434 g/mol. The van der Waals surface area contributed by atoms with Crippen molar-refractivity contribution in [3.8, 4) is 0 Å². The lowest BCUT2D eigenvalue weighted by Crippen LogP contribution is -2.69. The van der Waals surface area contributed by atoms with Gasteiger partial charge in [0.05, 0.1) is 31.8 Å². The molecule has 5 aliphatic rings. The molecule has 4 aliphatic carbocycles. The van der Waals surface area contributed by atoms with E-state index in [1.807, 2.05) is 0 Å². The van der Waals surface area contributed by atoms with Crippen molar-refractivity contribution in [1.29, 1.82) is 0 Å². The smallest absolute Gasteiger partial charge is 0.377 e. The van der Waals surface area contributed by atoms with E-state index in [0.717, 1.165) is 12.8 Å². The van der Waals surface area contributed by atoms with E-state index in [9.17, 15) is 28.6 Å². The highest BCUT2D eigenvalue weighted by Gasteiger charge is 2.67. The van der Waals surface area contributed by atoms with Gasteiger partial charge in [-0.05, 0) is 38.0 Å². The lowest BCUT2D eigenvalue weighted by molar-refractivity contribution is -0.396. The summed E-state index contributed by atoms with van der Waals surface area (Å²) in [6, 6.07) is 0. The van der Waals surface area contributed by atoms with Gasteiger partial charge in [0, 0.05) is 18.8 Å². The third-order valence-corrected chi connectivity index (χ3v) is 7.16.